The molecule has 2 heteroatoms. The predicted molar refractivity (Wildman–Crippen MR) is 132 cm³/mol. The van der Waals surface area contributed by atoms with E-state index in [1.807, 2.05) is 23.1 Å². The molecule has 1 unspecified atom stereocenters. The lowest BCUT2D eigenvalue weighted by Gasteiger charge is -2.35. The summed E-state index contributed by atoms with van der Waals surface area (Å²) in [4.78, 5) is 15.4. The molecular formula is C30H23NO. The monoisotopic (exact) mass is 413 g/mol. The summed E-state index contributed by atoms with van der Waals surface area (Å²) in [5.41, 5.74) is 4.63. The van der Waals surface area contributed by atoms with Gasteiger partial charge in [0, 0.05) is 18.0 Å². The van der Waals surface area contributed by atoms with Crippen molar-refractivity contribution in [2.24, 2.45) is 0 Å². The van der Waals surface area contributed by atoms with E-state index >= 15 is 0 Å². The average molecular weight is 414 g/mol. The maximum absolute atomic E-state index is 13.5. The summed E-state index contributed by atoms with van der Waals surface area (Å²) < 4.78 is 0. The molecule has 1 heterocycles. The van der Waals surface area contributed by atoms with Crippen LogP contribution in [0.1, 0.15) is 29.0 Å². The van der Waals surface area contributed by atoms with Gasteiger partial charge in [0.1, 0.15) is 0 Å². The van der Waals surface area contributed by atoms with Crippen LogP contribution in [0.2, 0.25) is 0 Å². The number of amides is 1. The molecule has 0 fully saturated rings. The second-order valence-electron chi connectivity index (χ2n) is 8.55. The van der Waals surface area contributed by atoms with Crippen LogP contribution in [-0.2, 0) is 11.3 Å². The summed E-state index contributed by atoms with van der Waals surface area (Å²) in [6.07, 6.45) is 0.478. The number of carbonyl (C=O) groups excluding carboxylic acids is 1. The van der Waals surface area contributed by atoms with Crippen molar-refractivity contribution >= 4 is 33.1 Å². The molecule has 0 bridgehead atoms. The minimum absolute atomic E-state index is 0.0419. The molecule has 5 aromatic carbocycles. The van der Waals surface area contributed by atoms with Gasteiger partial charge >= 0.3 is 0 Å². The van der Waals surface area contributed by atoms with Gasteiger partial charge in [0.05, 0.1) is 6.54 Å². The summed E-state index contributed by atoms with van der Waals surface area (Å²) in [5, 5.41) is 4.88. The highest BCUT2D eigenvalue weighted by molar-refractivity contribution is 6.03. The summed E-state index contributed by atoms with van der Waals surface area (Å²) in [6, 6.07) is 38.1. The quantitative estimate of drug-likeness (QED) is 0.310. The van der Waals surface area contributed by atoms with E-state index in [9.17, 15) is 4.79 Å². The van der Waals surface area contributed by atoms with Gasteiger partial charge in [0.2, 0.25) is 5.91 Å². The van der Waals surface area contributed by atoms with Crippen LogP contribution >= 0.6 is 0 Å². The van der Waals surface area contributed by atoms with Crippen molar-refractivity contribution in [3.05, 3.63) is 126 Å². The highest BCUT2D eigenvalue weighted by Crippen LogP contribution is 2.44. The Morgan fingerprint density at radius 1 is 0.688 bits per heavy atom. The van der Waals surface area contributed by atoms with Crippen LogP contribution in [0.4, 0.5) is 5.69 Å². The van der Waals surface area contributed by atoms with Gasteiger partial charge in [0.15, 0.2) is 0 Å². The Hall–Kier alpha value is -3.91. The fraction of sp³-hybridized carbons (Fsp3) is 0.100. The molecule has 154 valence electrons. The predicted octanol–water partition coefficient (Wildman–Crippen LogP) is 7.06. The first kappa shape index (κ1) is 18.8. The molecule has 0 aromatic heterocycles. The average Bonchev–Trinajstić information content (AvgIpc) is 2.85. The highest BCUT2D eigenvalue weighted by atomic mass is 16.2. The number of rotatable bonds is 3. The fourth-order valence-electron chi connectivity index (χ4n) is 5.06. The molecule has 0 spiro atoms. The maximum atomic E-state index is 13.5. The molecule has 0 saturated carbocycles. The highest BCUT2D eigenvalue weighted by Gasteiger charge is 2.33. The number of anilines is 1. The SMILES string of the molecule is O=C1CC(c2ccc3ccccc3c2)c2c(ccc3ccccc23)N1Cc1ccccc1. The Bertz CT molecular complexity index is 1450. The number of benzene rings is 5. The van der Waals surface area contributed by atoms with Crippen LogP contribution in [-0.4, -0.2) is 5.91 Å². The molecule has 0 saturated heterocycles. The van der Waals surface area contributed by atoms with Crippen molar-refractivity contribution in [3.63, 3.8) is 0 Å². The van der Waals surface area contributed by atoms with Crippen molar-refractivity contribution in [1.82, 2.24) is 0 Å². The van der Waals surface area contributed by atoms with Crippen LogP contribution in [0.25, 0.3) is 21.5 Å². The lowest BCUT2D eigenvalue weighted by atomic mass is 9.80. The van der Waals surface area contributed by atoms with Crippen molar-refractivity contribution in [2.75, 3.05) is 4.90 Å². The van der Waals surface area contributed by atoms with Gasteiger partial charge in [0.25, 0.3) is 0 Å². The molecular weight excluding hydrogens is 390 g/mol. The Morgan fingerprint density at radius 2 is 1.38 bits per heavy atom. The van der Waals surface area contributed by atoms with E-state index in [0.29, 0.717) is 13.0 Å². The standard InChI is InChI=1S/C30H23NO/c32-29-19-27(25-15-14-22-10-4-5-12-24(22)18-25)30-26-13-7-6-11-23(26)16-17-28(30)31(29)20-21-8-2-1-3-9-21/h1-18,27H,19-20H2. The van der Waals surface area contributed by atoms with Gasteiger partial charge in [-0.3, -0.25) is 4.79 Å². The van der Waals surface area contributed by atoms with Gasteiger partial charge in [-0.05, 0) is 44.3 Å². The minimum atomic E-state index is 0.0419. The zero-order chi connectivity index (χ0) is 21.5. The molecule has 6 rings (SSSR count). The van der Waals surface area contributed by atoms with Gasteiger partial charge in [-0.25, -0.2) is 0 Å². The first-order valence-electron chi connectivity index (χ1n) is 11.1. The number of carbonyl (C=O) groups is 1. The van der Waals surface area contributed by atoms with Crippen molar-refractivity contribution in [2.45, 2.75) is 18.9 Å². The normalized spacial score (nSPS) is 15.8. The molecule has 1 aliphatic heterocycles. The number of nitrogens with zero attached hydrogens (tertiary/aromatic N) is 1. The van der Waals surface area contributed by atoms with E-state index < -0.39 is 0 Å². The third-order valence-electron chi connectivity index (χ3n) is 6.63. The van der Waals surface area contributed by atoms with Gasteiger partial charge in [-0.15, -0.1) is 0 Å². The number of hydrogen-bond acceptors (Lipinski definition) is 1. The van der Waals surface area contributed by atoms with Gasteiger partial charge in [-0.2, -0.15) is 0 Å². The van der Waals surface area contributed by atoms with E-state index in [1.165, 1.54) is 32.7 Å². The Kier molecular flexibility index (Phi) is 4.50. The van der Waals surface area contributed by atoms with Crippen molar-refractivity contribution < 1.29 is 4.79 Å². The summed E-state index contributed by atoms with van der Waals surface area (Å²) in [5.74, 6) is 0.218. The second-order valence-corrected chi connectivity index (χ2v) is 8.55. The molecule has 0 radical (unpaired) electrons. The van der Waals surface area contributed by atoms with Gasteiger partial charge in [-0.1, -0.05) is 103 Å². The second kappa shape index (κ2) is 7.65. The van der Waals surface area contributed by atoms with E-state index in [2.05, 4.69) is 91.0 Å². The first-order chi connectivity index (χ1) is 15.8. The molecule has 5 aromatic rings. The number of fused-ring (bicyclic) bond motifs is 4. The minimum Gasteiger partial charge on any atom is -0.308 e. The summed E-state index contributed by atoms with van der Waals surface area (Å²) in [6.45, 7) is 0.593. The van der Waals surface area contributed by atoms with Crippen LogP contribution in [0.15, 0.2) is 109 Å². The zero-order valence-electron chi connectivity index (χ0n) is 17.7. The number of hydrogen-bond donors (Lipinski definition) is 0. The van der Waals surface area contributed by atoms with E-state index in [4.69, 9.17) is 0 Å². The van der Waals surface area contributed by atoms with E-state index in [-0.39, 0.29) is 11.8 Å². The fourth-order valence-corrected chi connectivity index (χ4v) is 5.06. The lowest BCUT2D eigenvalue weighted by Crippen LogP contribution is -2.36. The largest absolute Gasteiger partial charge is 0.308 e. The van der Waals surface area contributed by atoms with Crippen molar-refractivity contribution in [1.29, 1.82) is 0 Å². The van der Waals surface area contributed by atoms with Crippen LogP contribution in [0.3, 0.4) is 0 Å². The molecule has 1 atom stereocenters. The smallest absolute Gasteiger partial charge is 0.228 e. The molecule has 0 aliphatic carbocycles. The topological polar surface area (TPSA) is 20.3 Å². The third-order valence-corrected chi connectivity index (χ3v) is 6.63. The lowest BCUT2D eigenvalue weighted by molar-refractivity contribution is -0.119. The first-order valence-corrected chi connectivity index (χ1v) is 11.1. The zero-order valence-corrected chi connectivity index (χ0v) is 17.7. The third kappa shape index (κ3) is 3.16. The molecule has 0 N–H and O–H groups in total. The van der Waals surface area contributed by atoms with Crippen LogP contribution in [0, 0.1) is 0 Å². The van der Waals surface area contributed by atoms with Crippen LogP contribution < -0.4 is 4.90 Å². The van der Waals surface area contributed by atoms with Crippen LogP contribution in [0.5, 0.6) is 0 Å². The molecule has 32 heavy (non-hydrogen) atoms. The molecule has 1 aliphatic rings. The molecule has 1 amide bonds. The Labute approximate surface area is 187 Å². The summed E-state index contributed by atoms with van der Waals surface area (Å²) in [7, 11) is 0. The van der Waals surface area contributed by atoms with Crippen molar-refractivity contribution in [3.8, 4) is 0 Å². The van der Waals surface area contributed by atoms with E-state index in [1.54, 1.807) is 0 Å². The molecule has 2 nitrogen and oxygen atoms in total. The Morgan fingerprint density at radius 3 is 2.22 bits per heavy atom. The Balaban J connectivity index is 1.54. The summed E-state index contributed by atoms with van der Waals surface area (Å²) >= 11 is 0. The van der Waals surface area contributed by atoms with Gasteiger partial charge < -0.3 is 4.90 Å². The maximum Gasteiger partial charge on any atom is 0.228 e. The van der Waals surface area contributed by atoms with E-state index in [0.717, 1.165) is 11.3 Å².